The Morgan fingerprint density at radius 3 is 2.36 bits per heavy atom. The summed E-state index contributed by atoms with van der Waals surface area (Å²) in [7, 11) is 4.76. The second-order valence-electron chi connectivity index (χ2n) is 6.27. The topological polar surface area (TPSA) is 56.8 Å². The van der Waals surface area contributed by atoms with Crippen LogP contribution in [0.5, 0.6) is 17.2 Å². The largest absolute Gasteiger partial charge is 0.493 e. The van der Waals surface area contributed by atoms with E-state index < -0.39 is 0 Å². The molecule has 0 bridgehead atoms. The third kappa shape index (κ3) is 2.90. The van der Waals surface area contributed by atoms with Crippen molar-refractivity contribution < 1.29 is 19.0 Å². The third-order valence-electron chi connectivity index (χ3n) is 4.69. The quantitative estimate of drug-likeness (QED) is 0.919. The van der Waals surface area contributed by atoms with Gasteiger partial charge in [0.15, 0.2) is 11.5 Å². The van der Waals surface area contributed by atoms with E-state index in [1.165, 1.54) is 0 Å². The molecule has 132 valence electrons. The Morgan fingerprint density at radius 1 is 1.00 bits per heavy atom. The summed E-state index contributed by atoms with van der Waals surface area (Å²) >= 11 is 0. The SMILES string of the molecule is COc1cc2c(c(OC)c1OC)[C@@H](c1cc(C)ccc1C)CC(=O)N2. The molecule has 1 atom stereocenters. The molecule has 0 saturated heterocycles. The lowest BCUT2D eigenvalue weighted by Crippen LogP contribution is -2.25. The number of nitrogens with one attached hydrogen (secondary N) is 1. The minimum atomic E-state index is -0.0987. The van der Waals surface area contributed by atoms with E-state index in [2.05, 4.69) is 37.4 Å². The number of benzene rings is 2. The standard InChI is InChI=1S/C20H23NO4/c1-11-6-7-12(2)13(8-11)14-9-17(22)21-15-10-16(23-3)19(24-4)20(25-5)18(14)15/h6-8,10,14H,9H2,1-5H3,(H,21,22)/t14-/m1/s1. The molecule has 0 aliphatic carbocycles. The normalized spacial score (nSPS) is 16.0. The molecule has 25 heavy (non-hydrogen) atoms. The van der Waals surface area contributed by atoms with E-state index in [0.29, 0.717) is 29.4 Å². The second-order valence-corrected chi connectivity index (χ2v) is 6.27. The molecule has 0 unspecified atom stereocenters. The van der Waals surface area contributed by atoms with Crippen molar-refractivity contribution in [2.45, 2.75) is 26.2 Å². The van der Waals surface area contributed by atoms with Gasteiger partial charge in [-0.3, -0.25) is 4.79 Å². The molecule has 5 heteroatoms. The highest BCUT2D eigenvalue weighted by Crippen LogP contribution is 2.51. The number of methoxy groups -OCH3 is 3. The fourth-order valence-electron chi connectivity index (χ4n) is 3.52. The molecule has 1 aliphatic rings. The van der Waals surface area contributed by atoms with Gasteiger partial charge < -0.3 is 19.5 Å². The number of fused-ring (bicyclic) bond motifs is 1. The highest BCUT2D eigenvalue weighted by Gasteiger charge is 2.34. The van der Waals surface area contributed by atoms with Crippen LogP contribution in [0.25, 0.3) is 0 Å². The number of rotatable bonds is 4. The summed E-state index contributed by atoms with van der Waals surface area (Å²) in [4.78, 5) is 12.3. The lowest BCUT2D eigenvalue weighted by atomic mass is 9.81. The van der Waals surface area contributed by atoms with Crippen LogP contribution in [-0.2, 0) is 4.79 Å². The number of hydrogen-bond donors (Lipinski definition) is 1. The maximum atomic E-state index is 12.3. The van der Waals surface area contributed by atoms with Gasteiger partial charge in [-0.2, -0.15) is 0 Å². The van der Waals surface area contributed by atoms with Crippen molar-refractivity contribution in [2.75, 3.05) is 26.6 Å². The molecule has 0 saturated carbocycles. The first-order valence-corrected chi connectivity index (χ1v) is 8.20. The smallest absolute Gasteiger partial charge is 0.225 e. The van der Waals surface area contributed by atoms with Gasteiger partial charge in [-0.25, -0.2) is 0 Å². The summed E-state index contributed by atoms with van der Waals surface area (Å²) in [6.07, 6.45) is 0.364. The van der Waals surface area contributed by atoms with Crippen LogP contribution in [0.4, 0.5) is 5.69 Å². The van der Waals surface area contributed by atoms with Crippen molar-refractivity contribution in [3.8, 4) is 17.2 Å². The number of anilines is 1. The summed E-state index contributed by atoms with van der Waals surface area (Å²) < 4.78 is 16.6. The van der Waals surface area contributed by atoms with E-state index in [9.17, 15) is 4.79 Å². The first-order valence-electron chi connectivity index (χ1n) is 8.20. The van der Waals surface area contributed by atoms with Gasteiger partial charge in [-0.15, -0.1) is 0 Å². The first-order chi connectivity index (χ1) is 12.0. The van der Waals surface area contributed by atoms with Crippen LogP contribution in [0.3, 0.4) is 0 Å². The zero-order chi connectivity index (χ0) is 18.1. The van der Waals surface area contributed by atoms with Crippen LogP contribution in [0.1, 0.15) is 34.6 Å². The van der Waals surface area contributed by atoms with Crippen molar-refractivity contribution in [1.82, 2.24) is 0 Å². The zero-order valence-electron chi connectivity index (χ0n) is 15.2. The Labute approximate surface area is 147 Å². The average Bonchev–Trinajstić information content (AvgIpc) is 2.61. The molecule has 5 nitrogen and oxygen atoms in total. The van der Waals surface area contributed by atoms with Gasteiger partial charge in [-0.05, 0) is 25.0 Å². The fourth-order valence-corrected chi connectivity index (χ4v) is 3.52. The Hall–Kier alpha value is -2.69. The number of carbonyl (C=O) groups excluding carboxylic acids is 1. The summed E-state index contributed by atoms with van der Waals surface area (Å²) in [5, 5.41) is 2.94. The summed E-state index contributed by atoms with van der Waals surface area (Å²) in [5.74, 6) is 1.55. The van der Waals surface area contributed by atoms with Crippen LogP contribution in [-0.4, -0.2) is 27.2 Å². The van der Waals surface area contributed by atoms with Crippen LogP contribution >= 0.6 is 0 Å². The molecule has 2 aromatic rings. The highest BCUT2D eigenvalue weighted by molar-refractivity contribution is 5.97. The maximum absolute atomic E-state index is 12.3. The first kappa shape index (κ1) is 17.1. The zero-order valence-corrected chi connectivity index (χ0v) is 15.2. The number of hydrogen-bond acceptors (Lipinski definition) is 4. The van der Waals surface area contributed by atoms with Crippen LogP contribution < -0.4 is 19.5 Å². The molecule has 3 rings (SSSR count). The van der Waals surface area contributed by atoms with Gasteiger partial charge in [0.1, 0.15) is 0 Å². The molecule has 0 spiro atoms. The molecular weight excluding hydrogens is 318 g/mol. The maximum Gasteiger partial charge on any atom is 0.225 e. The van der Waals surface area contributed by atoms with Crippen LogP contribution in [0, 0.1) is 13.8 Å². The molecule has 0 radical (unpaired) electrons. The monoisotopic (exact) mass is 341 g/mol. The fraction of sp³-hybridized carbons (Fsp3) is 0.350. The van der Waals surface area contributed by atoms with Gasteiger partial charge in [-0.1, -0.05) is 23.8 Å². The molecule has 1 aliphatic heterocycles. The van der Waals surface area contributed by atoms with Gasteiger partial charge in [0, 0.05) is 24.0 Å². The summed E-state index contributed by atoms with van der Waals surface area (Å²) in [6, 6.07) is 8.10. The van der Waals surface area contributed by atoms with Crippen molar-refractivity contribution in [3.63, 3.8) is 0 Å². The Kier molecular flexibility index (Phi) is 4.57. The van der Waals surface area contributed by atoms with E-state index in [-0.39, 0.29) is 11.8 Å². The van der Waals surface area contributed by atoms with Crippen LogP contribution in [0.15, 0.2) is 24.3 Å². The predicted octanol–water partition coefficient (Wildman–Crippen LogP) is 3.80. The van der Waals surface area contributed by atoms with E-state index in [1.54, 1.807) is 27.4 Å². The van der Waals surface area contributed by atoms with E-state index in [4.69, 9.17) is 14.2 Å². The molecule has 1 N–H and O–H groups in total. The average molecular weight is 341 g/mol. The van der Waals surface area contributed by atoms with Gasteiger partial charge >= 0.3 is 0 Å². The minimum absolute atomic E-state index is 0.0207. The minimum Gasteiger partial charge on any atom is -0.493 e. The number of amides is 1. The highest BCUT2D eigenvalue weighted by atomic mass is 16.5. The third-order valence-corrected chi connectivity index (χ3v) is 4.69. The molecule has 0 aromatic heterocycles. The van der Waals surface area contributed by atoms with Gasteiger partial charge in [0.05, 0.1) is 27.0 Å². The van der Waals surface area contributed by atoms with E-state index in [0.717, 1.165) is 22.3 Å². The lowest BCUT2D eigenvalue weighted by molar-refractivity contribution is -0.116. The number of aryl methyl sites for hydroxylation is 2. The summed E-state index contributed by atoms with van der Waals surface area (Å²) in [6.45, 7) is 4.12. The second kappa shape index (κ2) is 6.67. The summed E-state index contributed by atoms with van der Waals surface area (Å²) in [5.41, 5.74) is 5.06. The Morgan fingerprint density at radius 2 is 1.72 bits per heavy atom. The van der Waals surface area contributed by atoms with Crippen LogP contribution in [0.2, 0.25) is 0 Å². The number of carbonyl (C=O) groups is 1. The van der Waals surface area contributed by atoms with Gasteiger partial charge in [0.2, 0.25) is 11.7 Å². The number of ether oxygens (including phenoxy) is 3. The van der Waals surface area contributed by atoms with Crippen molar-refractivity contribution >= 4 is 11.6 Å². The van der Waals surface area contributed by atoms with Crippen molar-refractivity contribution in [1.29, 1.82) is 0 Å². The van der Waals surface area contributed by atoms with Crippen molar-refractivity contribution in [3.05, 3.63) is 46.5 Å². The molecular formula is C20H23NO4. The lowest BCUT2D eigenvalue weighted by Gasteiger charge is -2.30. The molecule has 2 aromatic carbocycles. The van der Waals surface area contributed by atoms with E-state index >= 15 is 0 Å². The van der Waals surface area contributed by atoms with Gasteiger partial charge in [0.25, 0.3) is 0 Å². The Bertz CT molecular complexity index is 829. The van der Waals surface area contributed by atoms with Crippen molar-refractivity contribution in [2.24, 2.45) is 0 Å². The molecule has 1 amide bonds. The Balaban J connectivity index is 2.29. The predicted molar refractivity (Wildman–Crippen MR) is 97.1 cm³/mol. The molecule has 1 heterocycles. The molecule has 0 fully saturated rings. The van der Waals surface area contributed by atoms with E-state index in [1.807, 2.05) is 0 Å².